The second kappa shape index (κ2) is 7.29. The van der Waals surface area contributed by atoms with Gasteiger partial charge in [-0.3, -0.25) is 9.59 Å². The SMILES string of the molecule is COc1ccc(NC(=O)C2CC(=O)N(Cc3ccco3)C2)cc1OC. The van der Waals surface area contributed by atoms with Gasteiger partial charge in [-0.15, -0.1) is 0 Å². The molecule has 1 atom stereocenters. The van der Waals surface area contributed by atoms with E-state index in [0.717, 1.165) is 0 Å². The van der Waals surface area contributed by atoms with E-state index in [1.54, 1.807) is 42.5 Å². The van der Waals surface area contributed by atoms with Crippen LogP contribution in [0.4, 0.5) is 5.69 Å². The maximum atomic E-state index is 12.5. The fourth-order valence-corrected chi connectivity index (χ4v) is 2.85. The first-order valence-electron chi connectivity index (χ1n) is 7.93. The van der Waals surface area contributed by atoms with Crippen LogP contribution in [0.3, 0.4) is 0 Å². The molecular weight excluding hydrogens is 324 g/mol. The first-order valence-corrected chi connectivity index (χ1v) is 7.93. The molecule has 0 spiro atoms. The van der Waals surface area contributed by atoms with E-state index in [2.05, 4.69) is 5.32 Å². The van der Waals surface area contributed by atoms with Gasteiger partial charge in [-0.2, -0.15) is 0 Å². The van der Waals surface area contributed by atoms with Crippen molar-refractivity contribution in [3.05, 3.63) is 42.4 Å². The van der Waals surface area contributed by atoms with Gasteiger partial charge in [-0.25, -0.2) is 0 Å². The minimum Gasteiger partial charge on any atom is -0.493 e. The number of nitrogens with zero attached hydrogens (tertiary/aromatic N) is 1. The summed E-state index contributed by atoms with van der Waals surface area (Å²) >= 11 is 0. The summed E-state index contributed by atoms with van der Waals surface area (Å²) in [6, 6.07) is 8.73. The van der Waals surface area contributed by atoms with Gasteiger partial charge in [0.1, 0.15) is 5.76 Å². The Kier molecular flexibility index (Phi) is 4.92. The van der Waals surface area contributed by atoms with Crippen LogP contribution in [0.5, 0.6) is 11.5 Å². The molecule has 132 valence electrons. The number of benzene rings is 1. The van der Waals surface area contributed by atoms with Crippen LogP contribution in [0.15, 0.2) is 41.0 Å². The number of amides is 2. The quantitative estimate of drug-likeness (QED) is 0.869. The Morgan fingerprint density at radius 1 is 1.28 bits per heavy atom. The van der Waals surface area contributed by atoms with Gasteiger partial charge in [0, 0.05) is 24.7 Å². The van der Waals surface area contributed by atoms with Gasteiger partial charge in [-0.05, 0) is 24.3 Å². The molecule has 1 unspecified atom stereocenters. The zero-order chi connectivity index (χ0) is 17.8. The van der Waals surface area contributed by atoms with E-state index in [-0.39, 0.29) is 18.2 Å². The third-order valence-corrected chi connectivity index (χ3v) is 4.16. The van der Waals surface area contributed by atoms with Gasteiger partial charge >= 0.3 is 0 Å². The zero-order valence-corrected chi connectivity index (χ0v) is 14.2. The molecule has 1 aliphatic heterocycles. The fraction of sp³-hybridized carbons (Fsp3) is 0.333. The molecule has 7 nitrogen and oxygen atoms in total. The summed E-state index contributed by atoms with van der Waals surface area (Å²) in [5.41, 5.74) is 0.597. The molecule has 2 heterocycles. The maximum Gasteiger partial charge on any atom is 0.229 e. The molecule has 1 aliphatic rings. The van der Waals surface area contributed by atoms with Crippen LogP contribution in [0.2, 0.25) is 0 Å². The predicted octanol–water partition coefficient (Wildman–Crippen LogP) is 2.28. The van der Waals surface area contributed by atoms with Crippen molar-refractivity contribution in [2.45, 2.75) is 13.0 Å². The van der Waals surface area contributed by atoms with E-state index >= 15 is 0 Å². The lowest BCUT2D eigenvalue weighted by Crippen LogP contribution is -2.27. The minimum atomic E-state index is -0.393. The van der Waals surface area contributed by atoms with Gasteiger partial charge in [0.25, 0.3) is 0 Å². The smallest absolute Gasteiger partial charge is 0.229 e. The molecule has 1 saturated heterocycles. The number of ether oxygens (including phenoxy) is 2. The van der Waals surface area contributed by atoms with Crippen LogP contribution in [0.25, 0.3) is 0 Å². The predicted molar refractivity (Wildman–Crippen MR) is 90.4 cm³/mol. The maximum absolute atomic E-state index is 12.5. The van der Waals surface area contributed by atoms with E-state index < -0.39 is 5.92 Å². The van der Waals surface area contributed by atoms with Crippen molar-refractivity contribution < 1.29 is 23.5 Å². The second-order valence-electron chi connectivity index (χ2n) is 5.81. The number of carbonyl (C=O) groups excluding carboxylic acids is 2. The zero-order valence-electron chi connectivity index (χ0n) is 14.2. The highest BCUT2D eigenvalue weighted by molar-refractivity contribution is 5.97. The Morgan fingerprint density at radius 2 is 2.08 bits per heavy atom. The summed E-state index contributed by atoms with van der Waals surface area (Å²) in [6.45, 7) is 0.755. The fourth-order valence-electron chi connectivity index (χ4n) is 2.85. The van der Waals surface area contributed by atoms with E-state index in [9.17, 15) is 9.59 Å². The molecule has 0 aliphatic carbocycles. The average Bonchev–Trinajstić information content (AvgIpc) is 3.25. The normalized spacial score (nSPS) is 16.8. The topological polar surface area (TPSA) is 81.0 Å². The van der Waals surface area contributed by atoms with Crippen LogP contribution in [0, 0.1) is 5.92 Å². The molecule has 1 N–H and O–H groups in total. The number of anilines is 1. The molecule has 1 aromatic carbocycles. The van der Waals surface area contributed by atoms with Gasteiger partial charge in [0.05, 0.1) is 32.9 Å². The van der Waals surface area contributed by atoms with Crippen molar-refractivity contribution in [2.24, 2.45) is 5.92 Å². The Labute approximate surface area is 145 Å². The number of carbonyl (C=O) groups is 2. The lowest BCUT2D eigenvalue weighted by molar-refractivity contribution is -0.128. The molecule has 7 heteroatoms. The molecule has 0 radical (unpaired) electrons. The third-order valence-electron chi connectivity index (χ3n) is 4.16. The number of likely N-dealkylation sites (tertiary alicyclic amines) is 1. The number of rotatable bonds is 6. The second-order valence-corrected chi connectivity index (χ2v) is 5.81. The van der Waals surface area contributed by atoms with E-state index in [1.165, 1.54) is 7.11 Å². The third kappa shape index (κ3) is 3.76. The molecule has 0 bridgehead atoms. The molecule has 2 aromatic rings. The van der Waals surface area contributed by atoms with Crippen LogP contribution < -0.4 is 14.8 Å². The number of hydrogen-bond donors (Lipinski definition) is 1. The van der Waals surface area contributed by atoms with Gasteiger partial charge < -0.3 is 24.1 Å². The van der Waals surface area contributed by atoms with E-state index in [4.69, 9.17) is 13.9 Å². The number of nitrogens with one attached hydrogen (secondary N) is 1. The lowest BCUT2D eigenvalue weighted by Gasteiger charge is -2.15. The Morgan fingerprint density at radius 3 is 2.76 bits per heavy atom. The summed E-state index contributed by atoms with van der Waals surface area (Å²) < 4.78 is 15.7. The Bertz CT molecular complexity index is 757. The highest BCUT2D eigenvalue weighted by atomic mass is 16.5. The summed E-state index contributed by atoms with van der Waals surface area (Å²) in [5, 5.41) is 2.83. The first-order chi connectivity index (χ1) is 12.1. The molecule has 2 amide bonds. The van der Waals surface area contributed by atoms with Crippen LogP contribution in [0.1, 0.15) is 12.2 Å². The molecule has 0 saturated carbocycles. The standard InChI is InChI=1S/C18H20N2O5/c1-23-15-6-5-13(9-16(15)24-2)19-18(22)12-8-17(21)20(10-12)11-14-4-3-7-25-14/h3-7,9,12H,8,10-11H2,1-2H3,(H,19,22). The number of hydrogen-bond acceptors (Lipinski definition) is 5. The molecular formula is C18H20N2O5. The highest BCUT2D eigenvalue weighted by Gasteiger charge is 2.34. The van der Waals surface area contributed by atoms with E-state index in [0.29, 0.717) is 36.0 Å². The van der Waals surface area contributed by atoms with Crippen molar-refractivity contribution in [3.63, 3.8) is 0 Å². The lowest BCUT2D eigenvalue weighted by atomic mass is 10.1. The summed E-state index contributed by atoms with van der Waals surface area (Å²) in [5.74, 6) is 1.18. The van der Waals surface area contributed by atoms with Crippen molar-refractivity contribution in [1.29, 1.82) is 0 Å². The molecule has 1 fully saturated rings. The monoisotopic (exact) mass is 344 g/mol. The molecule has 25 heavy (non-hydrogen) atoms. The van der Waals surface area contributed by atoms with Crippen LogP contribution in [-0.2, 0) is 16.1 Å². The van der Waals surface area contributed by atoms with Crippen molar-refractivity contribution in [3.8, 4) is 11.5 Å². The van der Waals surface area contributed by atoms with Gasteiger partial charge in [-0.1, -0.05) is 0 Å². The van der Waals surface area contributed by atoms with Crippen molar-refractivity contribution in [2.75, 3.05) is 26.1 Å². The Balaban J connectivity index is 1.63. The molecule has 1 aromatic heterocycles. The highest BCUT2D eigenvalue weighted by Crippen LogP contribution is 2.30. The van der Waals surface area contributed by atoms with Gasteiger partial charge in [0.15, 0.2) is 11.5 Å². The van der Waals surface area contributed by atoms with Crippen molar-refractivity contribution >= 4 is 17.5 Å². The summed E-state index contributed by atoms with van der Waals surface area (Å²) in [6.07, 6.45) is 1.76. The number of methoxy groups -OCH3 is 2. The largest absolute Gasteiger partial charge is 0.493 e. The first kappa shape index (κ1) is 16.9. The van der Waals surface area contributed by atoms with Crippen LogP contribution in [-0.4, -0.2) is 37.5 Å². The average molecular weight is 344 g/mol. The van der Waals surface area contributed by atoms with E-state index in [1.807, 2.05) is 6.07 Å². The summed E-state index contributed by atoms with van der Waals surface area (Å²) in [4.78, 5) is 26.2. The minimum absolute atomic E-state index is 0.0520. The summed E-state index contributed by atoms with van der Waals surface area (Å²) in [7, 11) is 3.08. The van der Waals surface area contributed by atoms with Crippen molar-refractivity contribution in [1.82, 2.24) is 4.90 Å². The van der Waals surface area contributed by atoms with Crippen LogP contribution >= 0.6 is 0 Å². The Hall–Kier alpha value is -2.96. The molecule has 3 rings (SSSR count). The number of furan rings is 1. The van der Waals surface area contributed by atoms with Gasteiger partial charge in [0.2, 0.25) is 11.8 Å².